The molecule has 3 nitrogen and oxygen atoms in total. The van der Waals surface area contributed by atoms with Gasteiger partial charge in [-0.15, -0.1) is 12.4 Å². The summed E-state index contributed by atoms with van der Waals surface area (Å²) in [5, 5.41) is 11.4. The SMILES string of the molecule is Cl.O=C(CC1CSCCN1)NC(c1ccc(Cl)cc1)c1ccsc1. The topological polar surface area (TPSA) is 41.1 Å². The first-order chi connectivity index (χ1) is 11.2. The number of thiophene rings is 1. The van der Waals surface area contributed by atoms with Gasteiger partial charge in [-0.05, 0) is 40.1 Å². The molecule has 2 atom stereocenters. The predicted octanol–water partition coefficient (Wildman–Crippen LogP) is 4.12. The van der Waals surface area contributed by atoms with E-state index in [2.05, 4.69) is 22.1 Å². The highest BCUT2D eigenvalue weighted by atomic mass is 35.5. The van der Waals surface area contributed by atoms with Crippen molar-refractivity contribution < 1.29 is 4.79 Å². The van der Waals surface area contributed by atoms with Crippen LogP contribution in [0.5, 0.6) is 0 Å². The normalized spacial score (nSPS) is 18.5. The van der Waals surface area contributed by atoms with E-state index in [1.54, 1.807) is 11.3 Å². The molecule has 2 N–H and O–H groups in total. The monoisotopic (exact) mass is 402 g/mol. The molecule has 1 aliphatic heterocycles. The number of amides is 1. The van der Waals surface area contributed by atoms with Crippen LogP contribution in [0.15, 0.2) is 41.1 Å². The first-order valence-electron chi connectivity index (χ1n) is 7.60. The van der Waals surface area contributed by atoms with Crippen LogP contribution in [-0.4, -0.2) is 30.0 Å². The molecule has 0 aliphatic carbocycles. The van der Waals surface area contributed by atoms with Gasteiger partial charge >= 0.3 is 0 Å². The lowest BCUT2D eigenvalue weighted by molar-refractivity contribution is -0.122. The van der Waals surface area contributed by atoms with Gasteiger partial charge in [0.05, 0.1) is 6.04 Å². The summed E-state index contributed by atoms with van der Waals surface area (Å²) < 4.78 is 0. The average Bonchev–Trinajstić information content (AvgIpc) is 3.09. The molecule has 130 valence electrons. The van der Waals surface area contributed by atoms with Crippen molar-refractivity contribution in [3.8, 4) is 0 Å². The number of carbonyl (C=O) groups is 1. The number of rotatable bonds is 5. The summed E-state index contributed by atoms with van der Waals surface area (Å²) in [6.45, 7) is 0.980. The van der Waals surface area contributed by atoms with Crippen molar-refractivity contribution in [1.29, 1.82) is 0 Å². The Balaban J connectivity index is 0.00000208. The number of benzene rings is 1. The molecule has 0 bridgehead atoms. The number of thioether (sulfide) groups is 1. The molecule has 0 radical (unpaired) electrons. The molecular weight excluding hydrogens is 383 g/mol. The fraction of sp³-hybridized carbons (Fsp3) is 0.353. The molecule has 3 rings (SSSR count). The highest BCUT2D eigenvalue weighted by Crippen LogP contribution is 2.25. The van der Waals surface area contributed by atoms with Crippen molar-refractivity contribution in [3.63, 3.8) is 0 Å². The second-order valence-corrected chi connectivity index (χ2v) is 7.91. The number of hydrogen-bond acceptors (Lipinski definition) is 4. The van der Waals surface area contributed by atoms with Crippen LogP contribution in [0.2, 0.25) is 5.02 Å². The fourth-order valence-corrected chi connectivity index (χ4v) is 4.41. The molecule has 1 aromatic heterocycles. The Kier molecular flexibility index (Phi) is 7.91. The van der Waals surface area contributed by atoms with E-state index in [0.29, 0.717) is 11.4 Å². The first-order valence-corrected chi connectivity index (χ1v) is 10.1. The lowest BCUT2D eigenvalue weighted by Gasteiger charge is -2.24. The minimum absolute atomic E-state index is 0. The molecule has 2 heterocycles. The Bertz CT molecular complexity index is 629. The van der Waals surface area contributed by atoms with Crippen molar-refractivity contribution >= 4 is 53.0 Å². The number of nitrogens with one attached hydrogen (secondary N) is 2. The summed E-state index contributed by atoms with van der Waals surface area (Å²) in [6, 6.07) is 9.87. The lowest BCUT2D eigenvalue weighted by Crippen LogP contribution is -2.42. The number of halogens is 2. The number of carbonyl (C=O) groups excluding carboxylic acids is 1. The predicted molar refractivity (Wildman–Crippen MR) is 107 cm³/mol. The molecule has 1 aliphatic rings. The Morgan fingerprint density at radius 3 is 2.71 bits per heavy atom. The maximum atomic E-state index is 12.5. The van der Waals surface area contributed by atoms with E-state index in [1.165, 1.54) is 0 Å². The molecule has 0 spiro atoms. The van der Waals surface area contributed by atoms with E-state index >= 15 is 0 Å². The highest BCUT2D eigenvalue weighted by Gasteiger charge is 2.21. The van der Waals surface area contributed by atoms with Gasteiger partial charge in [0.2, 0.25) is 5.91 Å². The van der Waals surface area contributed by atoms with Crippen LogP contribution in [0.25, 0.3) is 0 Å². The minimum Gasteiger partial charge on any atom is -0.345 e. The average molecular weight is 403 g/mol. The zero-order valence-corrected chi connectivity index (χ0v) is 16.2. The van der Waals surface area contributed by atoms with Gasteiger partial charge in [-0.2, -0.15) is 23.1 Å². The van der Waals surface area contributed by atoms with Crippen molar-refractivity contribution in [3.05, 3.63) is 57.2 Å². The smallest absolute Gasteiger partial charge is 0.222 e. The largest absolute Gasteiger partial charge is 0.345 e. The third-order valence-corrected chi connectivity index (χ3v) is 5.90. The van der Waals surface area contributed by atoms with E-state index in [1.807, 2.05) is 41.4 Å². The molecule has 1 aromatic carbocycles. The van der Waals surface area contributed by atoms with Crippen molar-refractivity contribution in [2.24, 2.45) is 0 Å². The summed E-state index contributed by atoms with van der Waals surface area (Å²) in [4.78, 5) is 12.5. The van der Waals surface area contributed by atoms with Crippen molar-refractivity contribution in [2.45, 2.75) is 18.5 Å². The summed E-state index contributed by atoms with van der Waals surface area (Å²) in [5.74, 6) is 2.20. The van der Waals surface area contributed by atoms with E-state index in [4.69, 9.17) is 11.6 Å². The molecule has 1 fully saturated rings. The van der Waals surface area contributed by atoms with E-state index in [-0.39, 0.29) is 30.4 Å². The van der Waals surface area contributed by atoms with Crippen LogP contribution >= 0.6 is 47.1 Å². The second-order valence-electron chi connectivity index (χ2n) is 5.54. The third kappa shape index (κ3) is 5.39. The zero-order valence-electron chi connectivity index (χ0n) is 13.0. The van der Waals surface area contributed by atoms with Gasteiger partial charge < -0.3 is 10.6 Å². The van der Waals surface area contributed by atoms with Crippen LogP contribution in [-0.2, 0) is 4.79 Å². The Labute approximate surface area is 162 Å². The lowest BCUT2D eigenvalue weighted by atomic mass is 10.0. The van der Waals surface area contributed by atoms with Crippen molar-refractivity contribution in [1.82, 2.24) is 10.6 Å². The van der Waals surface area contributed by atoms with Crippen LogP contribution in [0.1, 0.15) is 23.6 Å². The van der Waals surface area contributed by atoms with Gasteiger partial charge in [-0.3, -0.25) is 4.79 Å². The Morgan fingerprint density at radius 1 is 1.29 bits per heavy atom. The van der Waals surface area contributed by atoms with Gasteiger partial charge in [-0.1, -0.05) is 23.7 Å². The molecule has 7 heteroatoms. The molecular formula is C17H20Cl2N2OS2. The van der Waals surface area contributed by atoms with Crippen LogP contribution < -0.4 is 10.6 Å². The molecule has 0 saturated carbocycles. The van der Waals surface area contributed by atoms with Crippen LogP contribution in [0.4, 0.5) is 0 Å². The quantitative estimate of drug-likeness (QED) is 0.789. The highest BCUT2D eigenvalue weighted by molar-refractivity contribution is 7.99. The van der Waals surface area contributed by atoms with Gasteiger partial charge in [0.15, 0.2) is 0 Å². The second kappa shape index (κ2) is 9.68. The van der Waals surface area contributed by atoms with Crippen LogP contribution in [0.3, 0.4) is 0 Å². The summed E-state index contributed by atoms with van der Waals surface area (Å²) in [5.41, 5.74) is 2.16. The van der Waals surface area contributed by atoms with Crippen LogP contribution in [0, 0.1) is 0 Å². The van der Waals surface area contributed by atoms with Gasteiger partial charge in [-0.25, -0.2) is 0 Å². The first kappa shape index (κ1) is 19.6. The van der Waals surface area contributed by atoms with E-state index in [9.17, 15) is 4.79 Å². The molecule has 1 saturated heterocycles. The summed E-state index contributed by atoms with van der Waals surface area (Å²) in [7, 11) is 0. The van der Waals surface area contributed by atoms with Gasteiger partial charge in [0.1, 0.15) is 0 Å². The van der Waals surface area contributed by atoms with E-state index in [0.717, 1.165) is 29.2 Å². The summed E-state index contributed by atoms with van der Waals surface area (Å²) in [6.07, 6.45) is 0.515. The van der Waals surface area contributed by atoms with E-state index < -0.39 is 0 Å². The maximum Gasteiger partial charge on any atom is 0.222 e. The third-order valence-electron chi connectivity index (χ3n) is 3.82. The van der Waals surface area contributed by atoms with Gasteiger partial charge in [0.25, 0.3) is 0 Å². The molecule has 2 unspecified atom stereocenters. The minimum atomic E-state index is -0.123. The zero-order chi connectivity index (χ0) is 16.1. The standard InChI is InChI=1S/C17H19ClN2OS2.ClH/c18-14-3-1-12(2-4-14)17(13-5-7-22-10-13)20-16(21)9-15-11-23-8-6-19-15;/h1-5,7,10,15,17,19H,6,8-9,11H2,(H,20,21);1H. The maximum absolute atomic E-state index is 12.5. The van der Waals surface area contributed by atoms with Gasteiger partial charge in [0, 0.05) is 35.5 Å². The molecule has 2 aromatic rings. The van der Waals surface area contributed by atoms with Crippen molar-refractivity contribution in [2.75, 3.05) is 18.1 Å². The Hall–Kier alpha value is -0.720. The fourth-order valence-electron chi connectivity index (χ4n) is 2.65. The Morgan fingerprint density at radius 2 is 2.08 bits per heavy atom. The summed E-state index contributed by atoms with van der Waals surface area (Å²) >= 11 is 9.52. The molecule has 1 amide bonds. The molecule has 24 heavy (non-hydrogen) atoms. The number of hydrogen-bond donors (Lipinski definition) is 2.